The van der Waals surface area contributed by atoms with Crippen LogP contribution in [0, 0.1) is 0 Å². The van der Waals surface area contributed by atoms with E-state index in [1.165, 1.54) is 0 Å². The Hall–Kier alpha value is 0.270. The number of aliphatic hydroxyl groups is 1. The topological polar surface area (TPSA) is 29.5 Å². The van der Waals surface area contributed by atoms with Crippen molar-refractivity contribution in [1.29, 1.82) is 0 Å². The molecule has 3 heteroatoms. The molecule has 0 radical (unpaired) electrons. The summed E-state index contributed by atoms with van der Waals surface area (Å²) in [4.78, 5) is 0. The van der Waals surface area contributed by atoms with Gasteiger partial charge in [-0.05, 0) is 6.92 Å². The molecule has 0 spiro atoms. The lowest BCUT2D eigenvalue weighted by Gasteiger charge is -2.03. The van der Waals surface area contributed by atoms with Crippen molar-refractivity contribution in [2.45, 2.75) is 18.5 Å². The Balaban J connectivity index is 2.22. The van der Waals surface area contributed by atoms with Crippen LogP contribution in [0.3, 0.4) is 0 Å². The molecule has 0 bridgehead atoms. The first-order valence-electron chi connectivity index (χ1n) is 2.71. The highest BCUT2D eigenvalue weighted by molar-refractivity contribution is 8.00. The molecule has 48 valence electrons. The first-order valence-corrected chi connectivity index (χ1v) is 3.75. The van der Waals surface area contributed by atoms with Crippen molar-refractivity contribution in [1.82, 2.24) is 0 Å². The number of thioether (sulfide) groups is 1. The smallest absolute Gasteiger partial charge is 0.126 e. The van der Waals surface area contributed by atoms with Crippen molar-refractivity contribution >= 4 is 11.8 Å². The fourth-order valence-corrected chi connectivity index (χ4v) is 1.61. The van der Waals surface area contributed by atoms with Gasteiger partial charge in [0.05, 0.1) is 12.7 Å². The molecule has 0 aliphatic carbocycles. The fourth-order valence-electron chi connectivity index (χ4n) is 0.676. The molecule has 0 aromatic heterocycles. The van der Waals surface area contributed by atoms with Gasteiger partial charge in [0.15, 0.2) is 0 Å². The number of aliphatic hydroxyl groups excluding tert-OH is 1. The van der Waals surface area contributed by atoms with Gasteiger partial charge in [-0.25, -0.2) is 0 Å². The quantitative estimate of drug-likeness (QED) is 0.565. The van der Waals surface area contributed by atoms with Gasteiger partial charge in [-0.2, -0.15) is 0 Å². The van der Waals surface area contributed by atoms with Gasteiger partial charge < -0.3 is 9.84 Å². The van der Waals surface area contributed by atoms with Gasteiger partial charge in [-0.1, -0.05) is 0 Å². The summed E-state index contributed by atoms with van der Waals surface area (Å²) in [6, 6.07) is 0. The minimum absolute atomic E-state index is 0.0463. The summed E-state index contributed by atoms with van der Waals surface area (Å²) < 4.78 is 5.22. The predicted octanol–water partition coefficient (Wildman–Crippen LogP) is 0.457. The zero-order chi connectivity index (χ0) is 5.98. The van der Waals surface area contributed by atoms with Crippen molar-refractivity contribution in [2.75, 3.05) is 12.4 Å². The van der Waals surface area contributed by atoms with E-state index in [2.05, 4.69) is 0 Å². The largest absolute Gasteiger partial charge is 0.393 e. The van der Waals surface area contributed by atoms with Crippen molar-refractivity contribution in [3.8, 4) is 0 Å². The molecule has 0 unspecified atom stereocenters. The summed E-state index contributed by atoms with van der Waals surface area (Å²) >= 11 is 1.68. The highest BCUT2D eigenvalue weighted by atomic mass is 32.2. The lowest BCUT2D eigenvalue weighted by atomic mass is 10.5. The third-order valence-electron chi connectivity index (χ3n) is 1.05. The molecule has 1 saturated heterocycles. The first-order chi connectivity index (χ1) is 3.83. The fraction of sp³-hybridized carbons (Fsp3) is 1.00. The van der Waals surface area contributed by atoms with Crippen LogP contribution in [0.5, 0.6) is 0 Å². The van der Waals surface area contributed by atoms with Crippen molar-refractivity contribution in [3.63, 3.8) is 0 Å². The number of hydrogen-bond acceptors (Lipinski definition) is 3. The normalized spacial score (nSPS) is 38.2. The molecule has 2 atom stereocenters. The maximum atomic E-state index is 8.54. The standard InChI is InChI=1S/C5H10O2S/c1-4-3-8-5(2-6)7-4/h4-6H,2-3H2,1H3/t4-,5-/m1/s1. The maximum Gasteiger partial charge on any atom is 0.126 e. The Morgan fingerprint density at radius 2 is 2.62 bits per heavy atom. The molecule has 0 aromatic rings. The van der Waals surface area contributed by atoms with Crippen LogP contribution in [0.1, 0.15) is 6.92 Å². The Kier molecular flexibility index (Phi) is 2.16. The predicted molar refractivity (Wildman–Crippen MR) is 33.9 cm³/mol. The lowest BCUT2D eigenvalue weighted by Crippen LogP contribution is -2.10. The molecule has 2 nitrogen and oxygen atoms in total. The second-order valence-corrected chi connectivity index (χ2v) is 3.08. The average Bonchev–Trinajstić information content (AvgIpc) is 2.14. The molecule has 1 aliphatic rings. The van der Waals surface area contributed by atoms with Gasteiger partial charge in [0, 0.05) is 5.75 Å². The Morgan fingerprint density at radius 3 is 2.88 bits per heavy atom. The van der Waals surface area contributed by atoms with Crippen LogP contribution in [0.25, 0.3) is 0 Å². The second-order valence-electron chi connectivity index (χ2n) is 1.89. The second kappa shape index (κ2) is 2.71. The van der Waals surface area contributed by atoms with Gasteiger partial charge in [-0.15, -0.1) is 11.8 Å². The van der Waals surface area contributed by atoms with Crippen LogP contribution in [-0.4, -0.2) is 29.0 Å². The summed E-state index contributed by atoms with van der Waals surface area (Å²) in [6.07, 6.45) is 0.331. The van der Waals surface area contributed by atoms with Gasteiger partial charge in [0.25, 0.3) is 0 Å². The Labute approximate surface area is 53.2 Å². The van der Waals surface area contributed by atoms with Gasteiger partial charge >= 0.3 is 0 Å². The van der Waals surface area contributed by atoms with Gasteiger partial charge in [0.2, 0.25) is 0 Å². The van der Waals surface area contributed by atoms with E-state index in [1.54, 1.807) is 11.8 Å². The van der Waals surface area contributed by atoms with Crippen molar-refractivity contribution < 1.29 is 9.84 Å². The Morgan fingerprint density at radius 1 is 1.88 bits per heavy atom. The van der Waals surface area contributed by atoms with E-state index in [9.17, 15) is 0 Å². The minimum atomic E-state index is 0.0463. The number of hydrogen-bond donors (Lipinski definition) is 1. The third-order valence-corrected chi connectivity index (χ3v) is 2.34. The van der Waals surface area contributed by atoms with Crippen LogP contribution < -0.4 is 0 Å². The zero-order valence-electron chi connectivity index (χ0n) is 4.83. The molecule has 1 heterocycles. The Bertz CT molecular complexity index is 76.8. The van der Waals surface area contributed by atoms with Crippen LogP contribution in [-0.2, 0) is 4.74 Å². The summed E-state index contributed by atoms with van der Waals surface area (Å²) in [5.41, 5.74) is 0.0463. The van der Waals surface area contributed by atoms with Crippen LogP contribution >= 0.6 is 11.8 Å². The molecule has 1 aliphatic heterocycles. The molecule has 1 fully saturated rings. The summed E-state index contributed by atoms with van der Waals surface area (Å²) in [6.45, 7) is 2.16. The number of rotatable bonds is 1. The van der Waals surface area contributed by atoms with E-state index in [1.807, 2.05) is 6.92 Å². The van der Waals surface area contributed by atoms with E-state index in [-0.39, 0.29) is 12.0 Å². The molecular formula is C5H10O2S. The SMILES string of the molecule is C[C@@H]1CS[C@H](CO)O1. The van der Waals surface area contributed by atoms with E-state index < -0.39 is 0 Å². The molecule has 1 N–H and O–H groups in total. The van der Waals surface area contributed by atoms with Gasteiger partial charge in [0.1, 0.15) is 5.44 Å². The van der Waals surface area contributed by atoms with Crippen LogP contribution in [0.2, 0.25) is 0 Å². The minimum Gasteiger partial charge on any atom is -0.393 e. The molecular weight excluding hydrogens is 124 g/mol. The average molecular weight is 134 g/mol. The highest BCUT2D eigenvalue weighted by Gasteiger charge is 2.20. The molecule has 0 saturated carbocycles. The van der Waals surface area contributed by atoms with Gasteiger partial charge in [-0.3, -0.25) is 0 Å². The van der Waals surface area contributed by atoms with E-state index in [4.69, 9.17) is 9.84 Å². The third kappa shape index (κ3) is 1.37. The van der Waals surface area contributed by atoms with E-state index >= 15 is 0 Å². The van der Waals surface area contributed by atoms with E-state index in [0.717, 1.165) is 5.75 Å². The monoisotopic (exact) mass is 134 g/mol. The zero-order valence-corrected chi connectivity index (χ0v) is 5.65. The first kappa shape index (κ1) is 6.39. The number of ether oxygens (including phenoxy) is 1. The highest BCUT2D eigenvalue weighted by Crippen LogP contribution is 2.23. The summed E-state index contributed by atoms with van der Waals surface area (Å²) in [5.74, 6) is 1.02. The molecule has 1 rings (SSSR count). The maximum absolute atomic E-state index is 8.54. The summed E-state index contributed by atoms with van der Waals surface area (Å²) in [5, 5.41) is 8.54. The lowest BCUT2D eigenvalue weighted by molar-refractivity contribution is 0.0445. The molecule has 0 aromatic carbocycles. The van der Waals surface area contributed by atoms with E-state index in [0.29, 0.717) is 6.10 Å². The van der Waals surface area contributed by atoms with Crippen molar-refractivity contribution in [3.05, 3.63) is 0 Å². The summed E-state index contributed by atoms with van der Waals surface area (Å²) in [7, 11) is 0. The van der Waals surface area contributed by atoms with Crippen LogP contribution in [0.4, 0.5) is 0 Å². The van der Waals surface area contributed by atoms with Crippen molar-refractivity contribution in [2.24, 2.45) is 0 Å². The molecule has 8 heavy (non-hydrogen) atoms. The molecule has 0 amide bonds. The van der Waals surface area contributed by atoms with Crippen LogP contribution in [0.15, 0.2) is 0 Å².